The molecule has 0 bridgehead atoms. The van der Waals surface area contributed by atoms with Crippen LogP contribution in [0.1, 0.15) is 12.0 Å². The van der Waals surface area contributed by atoms with E-state index in [9.17, 15) is 5.11 Å². The normalized spacial score (nSPS) is 13.9. The summed E-state index contributed by atoms with van der Waals surface area (Å²) in [6.45, 7) is 3.66. The molecule has 1 aliphatic heterocycles. The predicted molar refractivity (Wildman–Crippen MR) is 55.3 cm³/mol. The van der Waals surface area contributed by atoms with E-state index in [0.717, 1.165) is 29.9 Å². The SMILES string of the molecule is C=CCC1=CCc2ccc(O)cc2O1. The first-order chi connectivity index (χ1) is 6.79. The Kier molecular flexibility index (Phi) is 2.27. The van der Waals surface area contributed by atoms with Gasteiger partial charge in [-0.3, -0.25) is 0 Å². The van der Waals surface area contributed by atoms with Crippen LogP contribution in [0.3, 0.4) is 0 Å². The molecule has 0 fully saturated rings. The van der Waals surface area contributed by atoms with E-state index in [1.54, 1.807) is 18.2 Å². The van der Waals surface area contributed by atoms with Crippen LogP contribution in [0.25, 0.3) is 0 Å². The van der Waals surface area contributed by atoms with Crippen molar-refractivity contribution in [1.82, 2.24) is 0 Å². The highest BCUT2D eigenvalue weighted by atomic mass is 16.5. The van der Waals surface area contributed by atoms with E-state index >= 15 is 0 Å². The van der Waals surface area contributed by atoms with Gasteiger partial charge in [0.2, 0.25) is 0 Å². The van der Waals surface area contributed by atoms with Crippen molar-refractivity contribution in [2.45, 2.75) is 12.8 Å². The fourth-order valence-electron chi connectivity index (χ4n) is 1.48. The van der Waals surface area contributed by atoms with Gasteiger partial charge in [0, 0.05) is 12.5 Å². The van der Waals surface area contributed by atoms with Gasteiger partial charge in [-0.05, 0) is 24.1 Å². The Morgan fingerprint density at radius 3 is 3.14 bits per heavy atom. The van der Waals surface area contributed by atoms with Crippen molar-refractivity contribution in [2.75, 3.05) is 0 Å². The quantitative estimate of drug-likeness (QED) is 0.723. The van der Waals surface area contributed by atoms with Gasteiger partial charge in [-0.15, -0.1) is 6.58 Å². The van der Waals surface area contributed by atoms with Crippen LogP contribution in [0.4, 0.5) is 0 Å². The number of fused-ring (bicyclic) bond motifs is 1. The van der Waals surface area contributed by atoms with E-state index in [-0.39, 0.29) is 5.75 Å². The number of hydrogen-bond donors (Lipinski definition) is 1. The van der Waals surface area contributed by atoms with E-state index in [0.29, 0.717) is 0 Å². The second kappa shape index (κ2) is 3.58. The van der Waals surface area contributed by atoms with E-state index < -0.39 is 0 Å². The van der Waals surface area contributed by atoms with Crippen LogP contribution in [0.5, 0.6) is 11.5 Å². The molecular formula is C12H12O2. The summed E-state index contributed by atoms with van der Waals surface area (Å²) in [5, 5.41) is 9.28. The molecule has 1 N–H and O–H groups in total. The molecule has 0 saturated heterocycles. The lowest BCUT2D eigenvalue weighted by molar-refractivity contribution is 0.394. The third-order valence-electron chi connectivity index (χ3n) is 2.19. The number of aromatic hydroxyl groups is 1. The molecule has 1 aliphatic rings. The minimum atomic E-state index is 0.239. The molecule has 0 atom stereocenters. The Hall–Kier alpha value is -1.70. The highest BCUT2D eigenvalue weighted by molar-refractivity contribution is 5.44. The van der Waals surface area contributed by atoms with Gasteiger partial charge in [0.15, 0.2) is 0 Å². The Morgan fingerprint density at radius 1 is 1.50 bits per heavy atom. The van der Waals surface area contributed by atoms with Crippen LogP contribution in [-0.4, -0.2) is 5.11 Å². The number of benzene rings is 1. The van der Waals surface area contributed by atoms with E-state index in [1.807, 2.05) is 12.1 Å². The first-order valence-electron chi connectivity index (χ1n) is 4.59. The van der Waals surface area contributed by atoms with Crippen molar-refractivity contribution in [1.29, 1.82) is 0 Å². The van der Waals surface area contributed by atoms with Crippen LogP contribution in [0.15, 0.2) is 42.7 Å². The largest absolute Gasteiger partial charge is 0.508 e. The second-order valence-corrected chi connectivity index (χ2v) is 3.26. The number of ether oxygens (including phenoxy) is 1. The molecule has 2 rings (SSSR count). The first kappa shape index (κ1) is 8.88. The molecule has 1 aromatic rings. The molecule has 0 aromatic heterocycles. The van der Waals surface area contributed by atoms with Crippen molar-refractivity contribution in [3.8, 4) is 11.5 Å². The summed E-state index contributed by atoms with van der Waals surface area (Å²) in [6, 6.07) is 5.20. The van der Waals surface area contributed by atoms with Crippen LogP contribution in [0, 0.1) is 0 Å². The molecule has 1 heterocycles. The summed E-state index contributed by atoms with van der Waals surface area (Å²) in [6.07, 6.45) is 5.44. The fourth-order valence-corrected chi connectivity index (χ4v) is 1.48. The minimum Gasteiger partial charge on any atom is -0.508 e. The van der Waals surface area contributed by atoms with Crippen molar-refractivity contribution in [2.24, 2.45) is 0 Å². The maximum Gasteiger partial charge on any atom is 0.134 e. The molecule has 72 valence electrons. The fraction of sp³-hybridized carbons (Fsp3) is 0.167. The van der Waals surface area contributed by atoms with Crippen LogP contribution >= 0.6 is 0 Å². The van der Waals surface area contributed by atoms with Crippen molar-refractivity contribution < 1.29 is 9.84 Å². The van der Waals surface area contributed by atoms with Gasteiger partial charge in [-0.1, -0.05) is 12.1 Å². The van der Waals surface area contributed by atoms with Gasteiger partial charge >= 0.3 is 0 Å². The number of hydrogen-bond acceptors (Lipinski definition) is 2. The average Bonchev–Trinajstić information content (AvgIpc) is 2.17. The summed E-state index contributed by atoms with van der Waals surface area (Å²) in [5.41, 5.74) is 1.11. The summed E-state index contributed by atoms with van der Waals surface area (Å²) in [5.74, 6) is 1.89. The van der Waals surface area contributed by atoms with Crippen molar-refractivity contribution >= 4 is 0 Å². The highest BCUT2D eigenvalue weighted by Gasteiger charge is 2.11. The van der Waals surface area contributed by atoms with Crippen LogP contribution in [-0.2, 0) is 6.42 Å². The van der Waals surface area contributed by atoms with Crippen LogP contribution < -0.4 is 4.74 Å². The monoisotopic (exact) mass is 188 g/mol. The zero-order chi connectivity index (χ0) is 9.97. The van der Waals surface area contributed by atoms with Crippen LogP contribution in [0.2, 0.25) is 0 Å². The number of rotatable bonds is 2. The zero-order valence-electron chi connectivity index (χ0n) is 7.86. The smallest absolute Gasteiger partial charge is 0.134 e. The van der Waals surface area contributed by atoms with E-state index in [2.05, 4.69) is 6.58 Å². The molecule has 0 aliphatic carbocycles. The van der Waals surface area contributed by atoms with Gasteiger partial charge in [0.1, 0.15) is 17.3 Å². The molecule has 1 aromatic carbocycles. The second-order valence-electron chi connectivity index (χ2n) is 3.26. The summed E-state index contributed by atoms with van der Waals surface area (Å²) >= 11 is 0. The third-order valence-corrected chi connectivity index (χ3v) is 2.19. The number of allylic oxidation sites excluding steroid dienone is 2. The number of phenolic OH excluding ortho intramolecular Hbond substituents is 1. The summed E-state index contributed by atoms with van der Waals surface area (Å²) in [7, 11) is 0. The standard InChI is InChI=1S/C12H12O2/c1-2-3-11-7-5-9-4-6-10(13)8-12(9)14-11/h2,4,6-8,13H,1,3,5H2. The molecule has 14 heavy (non-hydrogen) atoms. The van der Waals surface area contributed by atoms with Gasteiger partial charge in [0.05, 0.1) is 0 Å². The molecule has 0 unspecified atom stereocenters. The predicted octanol–water partition coefficient (Wildman–Crippen LogP) is 2.79. The van der Waals surface area contributed by atoms with Gasteiger partial charge in [-0.25, -0.2) is 0 Å². The molecule has 2 heteroatoms. The van der Waals surface area contributed by atoms with Crippen molar-refractivity contribution in [3.63, 3.8) is 0 Å². The average molecular weight is 188 g/mol. The minimum absolute atomic E-state index is 0.239. The van der Waals surface area contributed by atoms with Gasteiger partial charge < -0.3 is 9.84 Å². The molecular weight excluding hydrogens is 176 g/mol. The highest BCUT2D eigenvalue weighted by Crippen LogP contribution is 2.30. The Bertz CT molecular complexity index is 391. The summed E-state index contributed by atoms with van der Waals surface area (Å²) in [4.78, 5) is 0. The number of phenols is 1. The molecule has 2 nitrogen and oxygen atoms in total. The van der Waals surface area contributed by atoms with Gasteiger partial charge in [0.25, 0.3) is 0 Å². The topological polar surface area (TPSA) is 29.5 Å². The molecule has 0 amide bonds. The van der Waals surface area contributed by atoms with E-state index in [1.165, 1.54) is 0 Å². The lowest BCUT2D eigenvalue weighted by Crippen LogP contribution is -2.03. The maximum atomic E-state index is 9.28. The molecule has 0 spiro atoms. The third kappa shape index (κ3) is 1.64. The maximum absolute atomic E-state index is 9.28. The Morgan fingerprint density at radius 2 is 2.36 bits per heavy atom. The lowest BCUT2D eigenvalue weighted by Gasteiger charge is -2.17. The molecule has 0 saturated carbocycles. The van der Waals surface area contributed by atoms with Crippen molar-refractivity contribution in [3.05, 3.63) is 48.3 Å². The van der Waals surface area contributed by atoms with E-state index in [4.69, 9.17) is 4.74 Å². The lowest BCUT2D eigenvalue weighted by atomic mass is 10.1. The molecule has 0 radical (unpaired) electrons. The Balaban J connectivity index is 2.26. The summed E-state index contributed by atoms with van der Waals surface area (Å²) < 4.78 is 5.58. The van der Waals surface area contributed by atoms with Gasteiger partial charge in [-0.2, -0.15) is 0 Å². The Labute approximate surface area is 83.1 Å². The zero-order valence-corrected chi connectivity index (χ0v) is 7.86. The first-order valence-corrected chi connectivity index (χ1v) is 4.59.